The molecule has 2 atom stereocenters. The van der Waals surface area contributed by atoms with Crippen molar-refractivity contribution in [2.24, 2.45) is 0 Å². The summed E-state index contributed by atoms with van der Waals surface area (Å²) in [5.41, 5.74) is 0.807. The van der Waals surface area contributed by atoms with Gasteiger partial charge in [0.15, 0.2) is 5.82 Å². The van der Waals surface area contributed by atoms with E-state index in [0.717, 1.165) is 42.6 Å². The average molecular weight is 376 g/mol. The molecule has 0 N–H and O–H groups in total. The van der Waals surface area contributed by atoms with E-state index < -0.39 is 0 Å². The summed E-state index contributed by atoms with van der Waals surface area (Å²) in [5.74, 6) is 2.56. The second-order valence-corrected chi connectivity index (χ2v) is 7.34. The van der Waals surface area contributed by atoms with Gasteiger partial charge in [0.2, 0.25) is 5.65 Å². The first-order chi connectivity index (χ1) is 12.1. The van der Waals surface area contributed by atoms with Gasteiger partial charge in [-0.15, -0.1) is 10.2 Å². The Balaban J connectivity index is 1.46. The van der Waals surface area contributed by atoms with E-state index >= 15 is 0 Å². The molecule has 2 aliphatic heterocycles. The summed E-state index contributed by atoms with van der Waals surface area (Å²) in [7, 11) is 0. The van der Waals surface area contributed by atoms with E-state index in [1.54, 1.807) is 18.5 Å². The van der Waals surface area contributed by atoms with E-state index in [-0.39, 0.29) is 0 Å². The molecule has 0 aliphatic carbocycles. The molecule has 2 bridgehead atoms. The van der Waals surface area contributed by atoms with Crippen molar-refractivity contribution < 1.29 is 0 Å². The average Bonchev–Trinajstić information content (AvgIpc) is 3.29. The van der Waals surface area contributed by atoms with Crippen LogP contribution in [0.5, 0.6) is 0 Å². The van der Waals surface area contributed by atoms with Gasteiger partial charge in [0.25, 0.3) is 0 Å². The molecule has 5 rings (SSSR count). The van der Waals surface area contributed by atoms with Gasteiger partial charge in [0.1, 0.15) is 11.6 Å². The zero-order chi connectivity index (χ0) is 17.1. The van der Waals surface area contributed by atoms with Crippen LogP contribution in [0, 0.1) is 6.92 Å². The van der Waals surface area contributed by atoms with Crippen LogP contribution in [0.15, 0.2) is 24.7 Å². The van der Waals surface area contributed by atoms with Crippen LogP contribution in [0.4, 0.5) is 11.6 Å². The first kappa shape index (κ1) is 15.2. The highest BCUT2D eigenvalue weighted by atomic mass is 35.5. The van der Waals surface area contributed by atoms with Crippen molar-refractivity contribution >= 4 is 40.5 Å². The highest BCUT2D eigenvalue weighted by Gasteiger charge is 2.45. The van der Waals surface area contributed by atoms with Crippen molar-refractivity contribution in [1.29, 1.82) is 0 Å². The molecule has 7 nitrogen and oxygen atoms in total. The third kappa shape index (κ3) is 2.26. The summed E-state index contributed by atoms with van der Waals surface area (Å²) in [5, 5.41) is 9.61. The molecule has 0 amide bonds. The van der Waals surface area contributed by atoms with Crippen molar-refractivity contribution in [3.05, 3.63) is 40.5 Å². The molecule has 0 radical (unpaired) electrons. The van der Waals surface area contributed by atoms with Crippen molar-refractivity contribution in [1.82, 2.24) is 24.6 Å². The Kier molecular flexibility index (Phi) is 3.30. The molecule has 25 heavy (non-hydrogen) atoms. The number of aryl methyl sites for hydroxylation is 1. The van der Waals surface area contributed by atoms with Gasteiger partial charge >= 0.3 is 0 Å². The molecule has 128 valence electrons. The van der Waals surface area contributed by atoms with Gasteiger partial charge in [-0.25, -0.2) is 9.97 Å². The number of rotatable bonds is 2. The van der Waals surface area contributed by atoms with E-state index in [1.165, 1.54) is 0 Å². The van der Waals surface area contributed by atoms with Crippen LogP contribution < -0.4 is 9.80 Å². The summed E-state index contributed by atoms with van der Waals surface area (Å²) in [6, 6.07) is 2.45. The monoisotopic (exact) mass is 375 g/mol. The maximum atomic E-state index is 6.34. The maximum absolute atomic E-state index is 6.34. The Morgan fingerprint density at radius 1 is 1.04 bits per heavy atom. The second-order valence-electron chi connectivity index (χ2n) is 6.50. The van der Waals surface area contributed by atoms with E-state index in [0.29, 0.717) is 22.1 Å². The number of hydrogen-bond donors (Lipinski definition) is 0. The van der Waals surface area contributed by atoms with Crippen LogP contribution in [-0.2, 0) is 0 Å². The Labute approximate surface area is 154 Å². The van der Waals surface area contributed by atoms with E-state index in [9.17, 15) is 0 Å². The summed E-state index contributed by atoms with van der Waals surface area (Å²) in [6.45, 7) is 3.66. The number of halogens is 2. The summed E-state index contributed by atoms with van der Waals surface area (Å²) in [4.78, 5) is 13.6. The highest BCUT2D eigenvalue weighted by molar-refractivity contribution is 6.36. The first-order valence-corrected chi connectivity index (χ1v) is 8.88. The van der Waals surface area contributed by atoms with Crippen LogP contribution in [0.1, 0.15) is 12.2 Å². The quantitative estimate of drug-likeness (QED) is 0.685. The van der Waals surface area contributed by atoms with Crippen LogP contribution in [0.2, 0.25) is 10.0 Å². The van der Waals surface area contributed by atoms with Gasteiger partial charge in [-0.2, -0.15) is 0 Å². The standard InChI is InChI=1S/C16H15Cl2N7/c1-9-21-22-16-15(19-2-3-23(9)16)25-8-11-5-12(25)7-24(11)14-13(18)4-10(17)6-20-14/h2-4,6,11-12H,5,7-8H2,1H3. The molecule has 2 saturated heterocycles. The molecule has 2 aliphatic rings. The minimum Gasteiger partial charge on any atom is -0.348 e. The minimum absolute atomic E-state index is 0.349. The lowest BCUT2D eigenvalue weighted by molar-refractivity contribution is 0.635. The Morgan fingerprint density at radius 3 is 2.52 bits per heavy atom. The van der Waals surface area contributed by atoms with E-state index in [4.69, 9.17) is 23.2 Å². The van der Waals surface area contributed by atoms with Gasteiger partial charge in [0.05, 0.1) is 22.1 Å². The fourth-order valence-electron chi connectivity index (χ4n) is 3.94. The summed E-state index contributed by atoms with van der Waals surface area (Å²) >= 11 is 12.3. The molecule has 3 aromatic heterocycles. The van der Waals surface area contributed by atoms with Crippen molar-refractivity contribution in [2.45, 2.75) is 25.4 Å². The number of aromatic nitrogens is 5. The van der Waals surface area contributed by atoms with E-state index in [1.807, 2.05) is 17.5 Å². The normalized spacial score (nSPS) is 22.4. The molecule has 0 spiro atoms. The Bertz CT molecular complexity index is 972. The molecule has 0 saturated carbocycles. The fraction of sp³-hybridized carbons (Fsp3) is 0.375. The lowest BCUT2D eigenvalue weighted by atomic mass is 10.2. The lowest BCUT2D eigenvalue weighted by Crippen LogP contribution is -2.47. The minimum atomic E-state index is 0.349. The number of anilines is 2. The third-order valence-corrected chi connectivity index (χ3v) is 5.54. The third-order valence-electron chi connectivity index (χ3n) is 5.05. The number of hydrogen-bond acceptors (Lipinski definition) is 6. The van der Waals surface area contributed by atoms with Crippen LogP contribution in [0.25, 0.3) is 5.65 Å². The van der Waals surface area contributed by atoms with Crippen molar-refractivity contribution in [3.63, 3.8) is 0 Å². The second kappa shape index (κ2) is 5.44. The van der Waals surface area contributed by atoms with Crippen LogP contribution in [0.3, 0.4) is 0 Å². The van der Waals surface area contributed by atoms with Gasteiger partial charge in [-0.3, -0.25) is 4.40 Å². The summed E-state index contributed by atoms with van der Waals surface area (Å²) < 4.78 is 1.98. The van der Waals surface area contributed by atoms with Gasteiger partial charge in [-0.1, -0.05) is 23.2 Å². The fourth-order valence-corrected chi connectivity index (χ4v) is 4.42. The molecular formula is C16H15Cl2N7. The number of nitrogens with zero attached hydrogens (tertiary/aromatic N) is 7. The maximum Gasteiger partial charge on any atom is 0.203 e. The zero-order valence-corrected chi connectivity index (χ0v) is 15.0. The molecule has 2 unspecified atom stereocenters. The highest BCUT2D eigenvalue weighted by Crippen LogP contribution is 2.39. The molecule has 0 aromatic carbocycles. The number of fused-ring (bicyclic) bond motifs is 3. The molecule has 9 heteroatoms. The van der Waals surface area contributed by atoms with E-state index in [2.05, 4.69) is 30.0 Å². The number of piperazine rings is 1. The van der Waals surface area contributed by atoms with Crippen LogP contribution >= 0.6 is 23.2 Å². The van der Waals surface area contributed by atoms with Gasteiger partial charge < -0.3 is 9.80 Å². The Morgan fingerprint density at radius 2 is 1.80 bits per heavy atom. The summed E-state index contributed by atoms with van der Waals surface area (Å²) in [6.07, 6.45) is 6.40. The van der Waals surface area contributed by atoms with Gasteiger partial charge in [0, 0.05) is 31.7 Å². The topological polar surface area (TPSA) is 62.5 Å². The number of pyridine rings is 1. The largest absolute Gasteiger partial charge is 0.348 e. The Hall–Kier alpha value is -2.12. The SMILES string of the molecule is Cc1nnc2c(N3CC4CC3CN4c3ncc(Cl)cc3Cl)nccn12. The predicted octanol–water partition coefficient (Wildman–Crippen LogP) is 2.60. The molecule has 2 fully saturated rings. The zero-order valence-electron chi connectivity index (χ0n) is 13.5. The first-order valence-electron chi connectivity index (χ1n) is 8.12. The smallest absolute Gasteiger partial charge is 0.203 e. The van der Waals surface area contributed by atoms with Crippen LogP contribution in [-0.4, -0.2) is 49.7 Å². The van der Waals surface area contributed by atoms with Crippen molar-refractivity contribution in [3.8, 4) is 0 Å². The van der Waals surface area contributed by atoms with Gasteiger partial charge in [-0.05, 0) is 19.4 Å². The van der Waals surface area contributed by atoms with Crippen molar-refractivity contribution in [2.75, 3.05) is 22.9 Å². The molecule has 5 heterocycles. The lowest BCUT2D eigenvalue weighted by Gasteiger charge is -2.35. The molecule has 3 aromatic rings. The molecular weight excluding hydrogens is 361 g/mol. The predicted molar refractivity (Wildman–Crippen MR) is 96.7 cm³/mol.